The second-order valence-corrected chi connectivity index (χ2v) is 10.7. The summed E-state index contributed by atoms with van der Waals surface area (Å²) in [5.41, 5.74) is 3.29. The van der Waals surface area contributed by atoms with E-state index in [1.165, 1.54) is 9.89 Å². The number of amides is 2. The average molecular weight is 551 g/mol. The normalized spacial score (nSPS) is 13.1. The molecule has 0 fully saturated rings. The molecule has 0 saturated carbocycles. The van der Waals surface area contributed by atoms with Crippen LogP contribution in [0, 0.1) is 0 Å². The number of aliphatic hydroxyl groups is 1. The molecule has 2 amide bonds. The van der Waals surface area contributed by atoms with Crippen LogP contribution in [0.5, 0.6) is 0 Å². The first-order chi connectivity index (χ1) is 17.9. The van der Waals surface area contributed by atoms with Crippen LogP contribution in [-0.4, -0.2) is 16.9 Å². The Bertz CT molecular complexity index is 1370. The Labute approximate surface area is 229 Å². The lowest BCUT2D eigenvalue weighted by molar-refractivity contribution is -0.136. The lowest BCUT2D eigenvalue weighted by Crippen LogP contribution is -2.54. The molecular formula is C29H24Cl2N2O3S. The van der Waals surface area contributed by atoms with Gasteiger partial charge in [0.25, 0.3) is 11.8 Å². The van der Waals surface area contributed by atoms with Crippen LogP contribution in [-0.2, 0) is 23.2 Å². The summed E-state index contributed by atoms with van der Waals surface area (Å²) in [6.07, 6.45) is 3.91. The van der Waals surface area contributed by atoms with E-state index in [-0.39, 0.29) is 5.91 Å². The van der Waals surface area contributed by atoms with E-state index < -0.39 is 11.5 Å². The third kappa shape index (κ3) is 5.03. The summed E-state index contributed by atoms with van der Waals surface area (Å²) in [5.74, 6) is -1.15. The summed E-state index contributed by atoms with van der Waals surface area (Å²) >= 11 is 13.7. The molecule has 4 aromatic rings. The molecular weight excluding hydrogens is 527 g/mol. The number of fused-ring (bicyclic) bond motifs is 1. The summed E-state index contributed by atoms with van der Waals surface area (Å²) in [5, 5.41) is 16.0. The average Bonchev–Trinajstić information content (AvgIpc) is 3.36. The number of nitrogens with zero attached hydrogens (tertiary/aromatic N) is 1. The van der Waals surface area contributed by atoms with Crippen LogP contribution in [0.15, 0.2) is 84.2 Å². The summed E-state index contributed by atoms with van der Waals surface area (Å²) in [4.78, 5) is 29.1. The predicted molar refractivity (Wildman–Crippen MR) is 148 cm³/mol. The number of hydrazine groups is 1. The highest BCUT2D eigenvalue weighted by atomic mass is 35.5. The Hall–Kier alpha value is -3.16. The third-order valence-corrected chi connectivity index (χ3v) is 8.17. The standard InChI is InChI=1S/C29H24Cl2N2O3S/c30-21-14-10-19(11-15-21)29(36,20-12-16-22(31)17-13-20)28(35)32-33(23-6-2-1-3-7-23)27(34)25-18-37-26-9-5-4-8-24(25)26/h1-3,6-7,10-18,36H,4-5,8-9H2,(H,32,35). The Morgan fingerprint density at radius 2 is 1.41 bits per heavy atom. The molecule has 5 rings (SSSR count). The van der Waals surface area contributed by atoms with E-state index in [1.807, 2.05) is 11.4 Å². The molecule has 1 heterocycles. The Morgan fingerprint density at radius 3 is 2.00 bits per heavy atom. The first-order valence-corrected chi connectivity index (χ1v) is 13.6. The van der Waals surface area contributed by atoms with Gasteiger partial charge < -0.3 is 5.11 Å². The number of aryl methyl sites for hydroxylation is 1. The van der Waals surface area contributed by atoms with Crippen molar-refractivity contribution in [2.75, 3.05) is 5.01 Å². The fraction of sp³-hybridized carbons (Fsp3) is 0.172. The van der Waals surface area contributed by atoms with E-state index >= 15 is 0 Å². The predicted octanol–water partition coefficient (Wildman–Crippen LogP) is 6.55. The van der Waals surface area contributed by atoms with Gasteiger partial charge in [-0.3, -0.25) is 15.0 Å². The fourth-order valence-corrected chi connectivity index (χ4v) is 5.97. The second-order valence-electron chi connectivity index (χ2n) is 8.90. The maximum absolute atomic E-state index is 14.0. The van der Waals surface area contributed by atoms with Crippen molar-refractivity contribution in [3.8, 4) is 0 Å². The van der Waals surface area contributed by atoms with Gasteiger partial charge in [-0.05, 0) is 78.8 Å². The monoisotopic (exact) mass is 550 g/mol. The van der Waals surface area contributed by atoms with Gasteiger partial charge >= 0.3 is 0 Å². The molecule has 188 valence electrons. The number of hydrogen-bond donors (Lipinski definition) is 2. The van der Waals surface area contributed by atoms with Crippen molar-refractivity contribution >= 4 is 52.0 Å². The molecule has 0 bridgehead atoms. The molecule has 0 radical (unpaired) electrons. The van der Waals surface area contributed by atoms with Gasteiger partial charge in [0.15, 0.2) is 5.60 Å². The van der Waals surface area contributed by atoms with Crippen molar-refractivity contribution < 1.29 is 14.7 Å². The molecule has 0 atom stereocenters. The number of nitrogens with one attached hydrogen (secondary N) is 1. The van der Waals surface area contributed by atoms with Gasteiger partial charge in [-0.2, -0.15) is 0 Å². The number of halogens is 2. The molecule has 5 nitrogen and oxygen atoms in total. The van der Waals surface area contributed by atoms with Crippen LogP contribution < -0.4 is 10.4 Å². The molecule has 2 N–H and O–H groups in total. The Balaban J connectivity index is 1.57. The first-order valence-electron chi connectivity index (χ1n) is 11.9. The lowest BCUT2D eigenvalue weighted by Gasteiger charge is -2.32. The zero-order valence-corrected chi connectivity index (χ0v) is 22.1. The highest BCUT2D eigenvalue weighted by molar-refractivity contribution is 7.10. The largest absolute Gasteiger partial charge is 0.372 e. The number of para-hydroxylation sites is 1. The maximum atomic E-state index is 14.0. The van der Waals surface area contributed by atoms with Gasteiger partial charge in [0.05, 0.1) is 11.3 Å². The maximum Gasteiger partial charge on any atom is 0.280 e. The molecule has 37 heavy (non-hydrogen) atoms. The highest BCUT2D eigenvalue weighted by Crippen LogP contribution is 2.34. The van der Waals surface area contributed by atoms with Gasteiger partial charge in [-0.25, -0.2) is 5.01 Å². The summed E-state index contributed by atoms with van der Waals surface area (Å²) < 4.78 is 0. The number of anilines is 1. The minimum atomic E-state index is -2.13. The number of carbonyl (C=O) groups is 2. The number of benzene rings is 3. The van der Waals surface area contributed by atoms with Crippen molar-refractivity contribution in [3.63, 3.8) is 0 Å². The number of hydrogen-bond acceptors (Lipinski definition) is 4. The minimum absolute atomic E-state index is 0.296. The van der Waals surface area contributed by atoms with E-state index in [4.69, 9.17) is 23.2 Å². The van der Waals surface area contributed by atoms with Crippen molar-refractivity contribution in [3.05, 3.63) is 121 Å². The Kier molecular flexibility index (Phi) is 7.36. The van der Waals surface area contributed by atoms with Gasteiger partial charge in [0.1, 0.15) is 0 Å². The summed E-state index contributed by atoms with van der Waals surface area (Å²) in [6, 6.07) is 21.6. The third-order valence-electron chi connectivity index (χ3n) is 6.58. The molecule has 0 spiro atoms. The fourth-order valence-electron chi connectivity index (χ4n) is 4.60. The highest BCUT2D eigenvalue weighted by Gasteiger charge is 2.42. The van der Waals surface area contributed by atoms with Crippen molar-refractivity contribution in [2.24, 2.45) is 0 Å². The minimum Gasteiger partial charge on any atom is -0.372 e. The van der Waals surface area contributed by atoms with E-state index in [2.05, 4.69) is 5.43 Å². The molecule has 8 heteroatoms. The molecule has 0 saturated heterocycles. The smallest absolute Gasteiger partial charge is 0.280 e. The Morgan fingerprint density at radius 1 is 0.838 bits per heavy atom. The van der Waals surface area contributed by atoms with Crippen LogP contribution in [0.4, 0.5) is 5.69 Å². The van der Waals surface area contributed by atoms with Crippen molar-refractivity contribution in [2.45, 2.75) is 31.3 Å². The van der Waals surface area contributed by atoms with E-state index in [0.717, 1.165) is 31.2 Å². The van der Waals surface area contributed by atoms with Gasteiger partial charge in [0, 0.05) is 20.3 Å². The van der Waals surface area contributed by atoms with Crippen LogP contribution >= 0.6 is 34.5 Å². The second kappa shape index (κ2) is 10.7. The summed E-state index contributed by atoms with van der Waals surface area (Å²) in [7, 11) is 0. The van der Waals surface area contributed by atoms with Crippen molar-refractivity contribution in [1.82, 2.24) is 5.43 Å². The van der Waals surface area contributed by atoms with Gasteiger partial charge in [0.2, 0.25) is 0 Å². The molecule has 0 unspecified atom stereocenters. The topological polar surface area (TPSA) is 69.6 Å². The number of rotatable bonds is 5. The van der Waals surface area contributed by atoms with Crippen LogP contribution in [0.25, 0.3) is 0 Å². The lowest BCUT2D eigenvalue weighted by atomic mass is 9.85. The summed E-state index contributed by atoms with van der Waals surface area (Å²) in [6.45, 7) is 0. The zero-order valence-electron chi connectivity index (χ0n) is 19.8. The van der Waals surface area contributed by atoms with E-state index in [9.17, 15) is 14.7 Å². The molecule has 1 aromatic heterocycles. The quantitative estimate of drug-likeness (QED) is 0.277. The van der Waals surface area contributed by atoms with E-state index in [0.29, 0.717) is 32.4 Å². The van der Waals surface area contributed by atoms with Gasteiger partial charge in [-0.15, -0.1) is 11.3 Å². The number of thiophene rings is 1. The molecule has 1 aliphatic carbocycles. The zero-order chi connectivity index (χ0) is 26.0. The van der Waals surface area contributed by atoms with Gasteiger partial charge in [-0.1, -0.05) is 65.7 Å². The molecule has 0 aliphatic heterocycles. The first kappa shape index (κ1) is 25.5. The number of carbonyl (C=O) groups excluding carboxylic acids is 2. The molecule has 1 aliphatic rings. The van der Waals surface area contributed by atoms with Crippen LogP contribution in [0.3, 0.4) is 0 Å². The molecule has 3 aromatic carbocycles. The van der Waals surface area contributed by atoms with Crippen molar-refractivity contribution in [1.29, 1.82) is 0 Å². The SMILES string of the molecule is O=C(c1csc2c1CCCC2)N(NC(=O)C(O)(c1ccc(Cl)cc1)c1ccc(Cl)cc1)c1ccccc1. The van der Waals surface area contributed by atoms with E-state index in [1.54, 1.807) is 84.1 Å². The van der Waals surface area contributed by atoms with Crippen LogP contribution in [0.1, 0.15) is 44.8 Å². The van der Waals surface area contributed by atoms with Crippen LogP contribution in [0.2, 0.25) is 10.0 Å².